The molecule has 0 bridgehead atoms. The van der Waals surface area contributed by atoms with E-state index in [0.29, 0.717) is 12.1 Å². The highest BCUT2D eigenvalue weighted by Gasteiger charge is 2.32. The summed E-state index contributed by atoms with van der Waals surface area (Å²) >= 11 is 0. The van der Waals surface area contributed by atoms with Gasteiger partial charge in [-0.05, 0) is 18.9 Å². The molecule has 0 heterocycles. The van der Waals surface area contributed by atoms with Crippen LogP contribution in [0, 0.1) is 5.82 Å². The van der Waals surface area contributed by atoms with Crippen LogP contribution < -0.4 is 5.32 Å². The van der Waals surface area contributed by atoms with Gasteiger partial charge in [0.1, 0.15) is 5.82 Å². The van der Waals surface area contributed by atoms with Crippen LogP contribution in [0.2, 0.25) is 0 Å². The molecule has 86 valence electrons. The van der Waals surface area contributed by atoms with Gasteiger partial charge in [-0.25, -0.2) is 9.18 Å². The maximum atomic E-state index is 13.4. The standard InChI is InChI=1S/C12H15FN2O/c1-14-12(16)15(10-6-7-10)8-9-4-2-3-5-11(9)13/h2-5,10H,6-8H2,1H3,(H,14,16). The lowest BCUT2D eigenvalue weighted by atomic mass is 10.2. The maximum Gasteiger partial charge on any atom is 0.317 e. The van der Waals surface area contributed by atoms with E-state index in [9.17, 15) is 9.18 Å². The molecule has 2 rings (SSSR count). The predicted molar refractivity (Wildman–Crippen MR) is 59.4 cm³/mol. The van der Waals surface area contributed by atoms with Crippen molar-refractivity contribution in [2.24, 2.45) is 0 Å². The number of carbonyl (C=O) groups is 1. The largest absolute Gasteiger partial charge is 0.341 e. The molecule has 16 heavy (non-hydrogen) atoms. The molecule has 3 nitrogen and oxygen atoms in total. The van der Waals surface area contributed by atoms with Crippen molar-refractivity contribution in [1.82, 2.24) is 10.2 Å². The van der Waals surface area contributed by atoms with Crippen molar-refractivity contribution in [3.8, 4) is 0 Å². The third-order valence-electron chi connectivity index (χ3n) is 2.76. The number of hydrogen-bond acceptors (Lipinski definition) is 1. The van der Waals surface area contributed by atoms with E-state index in [1.165, 1.54) is 6.07 Å². The minimum atomic E-state index is -0.253. The fraction of sp³-hybridized carbons (Fsp3) is 0.417. The Kier molecular flexibility index (Phi) is 3.08. The number of rotatable bonds is 3. The Morgan fingerprint density at radius 2 is 2.19 bits per heavy atom. The first-order valence-corrected chi connectivity index (χ1v) is 5.44. The van der Waals surface area contributed by atoms with Crippen LogP contribution in [0.5, 0.6) is 0 Å². The first-order chi connectivity index (χ1) is 7.72. The fourth-order valence-corrected chi connectivity index (χ4v) is 1.71. The van der Waals surface area contributed by atoms with Crippen molar-refractivity contribution in [3.05, 3.63) is 35.6 Å². The van der Waals surface area contributed by atoms with Gasteiger partial charge in [-0.1, -0.05) is 18.2 Å². The van der Waals surface area contributed by atoms with E-state index in [1.54, 1.807) is 30.1 Å². The van der Waals surface area contributed by atoms with Crippen LogP contribution >= 0.6 is 0 Å². The van der Waals surface area contributed by atoms with E-state index in [4.69, 9.17) is 0 Å². The van der Waals surface area contributed by atoms with Gasteiger partial charge in [0, 0.05) is 18.7 Å². The first-order valence-electron chi connectivity index (χ1n) is 5.44. The van der Waals surface area contributed by atoms with Gasteiger partial charge in [-0.2, -0.15) is 0 Å². The van der Waals surface area contributed by atoms with Crippen molar-refractivity contribution in [3.63, 3.8) is 0 Å². The predicted octanol–water partition coefficient (Wildman–Crippen LogP) is 2.13. The van der Waals surface area contributed by atoms with Crippen LogP contribution in [-0.2, 0) is 6.54 Å². The number of halogens is 1. The van der Waals surface area contributed by atoms with Crippen molar-refractivity contribution in [2.75, 3.05) is 7.05 Å². The number of nitrogens with one attached hydrogen (secondary N) is 1. The molecule has 1 aliphatic rings. The van der Waals surface area contributed by atoms with Gasteiger partial charge in [-0.3, -0.25) is 0 Å². The highest BCUT2D eigenvalue weighted by Crippen LogP contribution is 2.28. The molecule has 0 atom stereocenters. The second kappa shape index (κ2) is 4.51. The van der Waals surface area contributed by atoms with Crippen molar-refractivity contribution in [1.29, 1.82) is 0 Å². The molecule has 1 aromatic carbocycles. The third-order valence-corrected chi connectivity index (χ3v) is 2.76. The summed E-state index contributed by atoms with van der Waals surface area (Å²) in [5, 5.41) is 2.59. The summed E-state index contributed by atoms with van der Waals surface area (Å²) in [5.41, 5.74) is 0.568. The molecule has 0 aromatic heterocycles. The molecule has 2 amide bonds. The zero-order valence-corrected chi connectivity index (χ0v) is 9.24. The van der Waals surface area contributed by atoms with Crippen LogP contribution in [-0.4, -0.2) is 24.0 Å². The Bertz CT molecular complexity index is 390. The molecule has 1 fully saturated rings. The van der Waals surface area contributed by atoms with E-state index in [0.717, 1.165) is 12.8 Å². The van der Waals surface area contributed by atoms with Gasteiger partial charge in [0.2, 0.25) is 0 Å². The zero-order chi connectivity index (χ0) is 11.5. The quantitative estimate of drug-likeness (QED) is 0.834. The van der Waals surface area contributed by atoms with Crippen molar-refractivity contribution >= 4 is 6.03 Å². The van der Waals surface area contributed by atoms with Gasteiger partial charge in [-0.15, -0.1) is 0 Å². The molecule has 0 aliphatic heterocycles. The molecule has 0 unspecified atom stereocenters. The molecule has 0 radical (unpaired) electrons. The Hall–Kier alpha value is -1.58. The highest BCUT2D eigenvalue weighted by atomic mass is 19.1. The Morgan fingerprint density at radius 1 is 1.50 bits per heavy atom. The maximum absolute atomic E-state index is 13.4. The molecule has 4 heteroatoms. The number of benzene rings is 1. The lowest BCUT2D eigenvalue weighted by molar-refractivity contribution is 0.193. The lowest BCUT2D eigenvalue weighted by Crippen LogP contribution is -2.39. The molecule has 1 aromatic rings. The Labute approximate surface area is 94.3 Å². The summed E-state index contributed by atoms with van der Waals surface area (Å²) < 4.78 is 13.4. The summed E-state index contributed by atoms with van der Waals surface area (Å²) in [5.74, 6) is -0.253. The summed E-state index contributed by atoms with van der Waals surface area (Å²) in [6, 6.07) is 6.72. The monoisotopic (exact) mass is 222 g/mol. The summed E-state index contributed by atoms with van der Waals surface area (Å²) in [4.78, 5) is 13.3. The third kappa shape index (κ3) is 2.32. The van der Waals surface area contributed by atoms with Gasteiger partial charge in [0.05, 0.1) is 6.54 Å². The molecule has 1 saturated carbocycles. The normalized spacial score (nSPS) is 14.6. The van der Waals surface area contributed by atoms with E-state index in [2.05, 4.69) is 5.32 Å². The number of hydrogen-bond donors (Lipinski definition) is 1. The van der Waals surface area contributed by atoms with E-state index in [1.807, 2.05) is 0 Å². The Balaban J connectivity index is 2.11. The smallest absolute Gasteiger partial charge is 0.317 e. The van der Waals surface area contributed by atoms with Crippen molar-refractivity contribution < 1.29 is 9.18 Å². The number of carbonyl (C=O) groups excluding carboxylic acids is 1. The summed E-state index contributed by atoms with van der Waals surface area (Å²) in [7, 11) is 1.60. The van der Waals surface area contributed by atoms with Crippen LogP contribution in [0.4, 0.5) is 9.18 Å². The Morgan fingerprint density at radius 3 is 2.75 bits per heavy atom. The average Bonchev–Trinajstić information content (AvgIpc) is 3.11. The minimum Gasteiger partial charge on any atom is -0.341 e. The molecule has 0 spiro atoms. The molecular weight excluding hydrogens is 207 g/mol. The van der Waals surface area contributed by atoms with E-state index >= 15 is 0 Å². The van der Waals surface area contributed by atoms with Gasteiger partial charge >= 0.3 is 6.03 Å². The number of urea groups is 1. The SMILES string of the molecule is CNC(=O)N(Cc1ccccc1F)C1CC1. The van der Waals surface area contributed by atoms with E-state index < -0.39 is 0 Å². The highest BCUT2D eigenvalue weighted by molar-refractivity contribution is 5.74. The van der Waals surface area contributed by atoms with Gasteiger partial charge in [0.25, 0.3) is 0 Å². The van der Waals surface area contributed by atoms with Crippen LogP contribution in [0.25, 0.3) is 0 Å². The minimum absolute atomic E-state index is 0.134. The molecular formula is C12H15FN2O. The van der Waals surface area contributed by atoms with E-state index in [-0.39, 0.29) is 17.9 Å². The fourth-order valence-electron chi connectivity index (χ4n) is 1.71. The molecule has 0 saturated heterocycles. The zero-order valence-electron chi connectivity index (χ0n) is 9.24. The number of nitrogens with zero attached hydrogens (tertiary/aromatic N) is 1. The van der Waals surface area contributed by atoms with Gasteiger partial charge < -0.3 is 10.2 Å². The summed E-state index contributed by atoms with van der Waals surface area (Å²) in [6.45, 7) is 0.344. The molecule has 1 N–H and O–H groups in total. The van der Waals surface area contributed by atoms with Crippen LogP contribution in [0.1, 0.15) is 18.4 Å². The first kappa shape index (κ1) is 10.9. The molecule has 1 aliphatic carbocycles. The van der Waals surface area contributed by atoms with Crippen LogP contribution in [0.15, 0.2) is 24.3 Å². The van der Waals surface area contributed by atoms with Crippen LogP contribution in [0.3, 0.4) is 0 Å². The second-order valence-corrected chi connectivity index (χ2v) is 4.01. The second-order valence-electron chi connectivity index (χ2n) is 4.01. The van der Waals surface area contributed by atoms with Gasteiger partial charge in [0.15, 0.2) is 0 Å². The topological polar surface area (TPSA) is 32.3 Å². The number of amides is 2. The lowest BCUT2D eigenvalue weighted by Gasteiger charge is -2.22. The van der Waals surface area contributed by atoms with Crippen molar-refractivity contribution in [2.45, 2.75) is 25.4 Å². The summed E-state index contributed by atoms with van der Waals surface area (Å²) in [6.07, 6.45) is 2.03. The average molecular weight is 222 g/mol.